The molecule has 0 fully saturated rings. The quantitative estimate of drug-likeness (QED) is 0.815. The molecule has 2 heterocycles. The molecule has 1 atom stereocenters. The average Bonchev–Trinajstić information content (AvgIpc) is 2.78. The number of phenols is 1. The number of phenolic OH excluding ortho intramolecular Hbond substituents is 1. The molecule has 2 aliphatic rings. The summed E-state index contributed by atoms with van der Waals surface area (Å²) in [7, 11) is 0. The number of aromatic nitrogens is 1. The van der Waals surface area contributed by atoms with Gasteiger partial charge in [-0.3, -0.25) is 9.78 Å². The smallest absolute Gasteiger partial charge is 0.219 e. The van der Waals surface area contributed by atoms with E-state index in [1.807, 2.05) is 29.3 Å². The summed E-state index contributed by atoms with van der Waals surface area (Å²) < 4.78 is 0. The lowest BCUT2D eigenvalue weighted by Crippen LogP contribution is -2.33. The number of rotatable bonds is 1. The number of pyridine rings is 1. The van der Waals surface area contributed by atoms with Crippen molar-refractivity contribution in [2.45, 2.75) is 32.1 Å². The van der Waals surface area contributed by atoms with Gasteiger partial charge in [0, 0.05) is 32.1 Å². The van der Waals surface area contributed by atoms with Crippen LogP contribution in [0.5, 0.6) is 5.75 Å². The highest BCUT2D eigenvalue weighted by atomic mass is 16.3. The first-order valence-corrected chi connectivity index (χ1v) is 8.83. The Morgan fingerprint density at radius 3 is 2.80 bits per heavy atom. The summed E-state index contributed by atoms with van der Waals surface area (Å²) in [5.41, 5.74) is 6.15. The second kappa shape index (κ2) is 6.36. The second-order valence-corrected chi connectivity index (χ2v) is 6.86. The molecule has 0 saturated carbocycles. The van der Waals surface area contributed by atoms with Gasteiger partial charge in [0.2, 0.25) is 5.91 Å². The van der Waals surface area contributed by atoms with E-state index in [9.17, 15) is 9.90 Å². The van der Waals surface area contributed by atoms with Crippen molar-refractivity contribution in [2.75, 3.05) is 13.1 Å². The summed E-state index contributed by atoms with van der Waals surface area (Å²) in [6.45, 7) is 3.05. The number of nitrogens with zero attached hydrogens (tertiary/aromatic N) is 2. The fourth-order valence-electron chi connectivity index (χ4n) is 4.04. The number of aromatic hydroxyl groups is 1. The third-order valence-electron chi connectivity index (χ3n) is 5.36. The van der Waals surface area contributed by atoms with E-state index in [2.05, 4.69) is 12.1 Å². The first-order chi connectivity index (χ1) is 12.1. The minimum Gasteiger partial charge on any atom is -0.508 e. The topological polar surface area (TPSA) is 53.4 Å². The number of hydrogen-bond acceptors (Lipinski definition) is 3. The Labute approximate surface area is 147 Å². The molecule has 1 aromatic heterocycles. The number of carbonyl (C=O) groups excluding carboxylic acids is 1. The highest BCUT2D eigenvalue weighted by Gasteiger charge is 2.29. The molecule has 1 unspecified atom stereocenters. The van der Waals surface area contributed by atoms with Gasteiger partial charge in [0.25, 0.3) is 0 Å². The maximum atomic E-state index is 11.6. The molecule has 1 aliphatic heterocycles. The van der Waals surface area contributed by atoms with Crippen molar-refractivity contribution >= 4 is 5.91 Å². The zero-order valence-corrected chi connectivity index (χ0v) is 14.4. The second-order valence-electron chi connectivity index (χ2n) is 6.86. The molecular formula is C21H22N2O2. The van der Waals surface area contributed by atoms with E-state index in [0.717, 1.165) is 31.5 Å². The molecule has 1 N–H and O–H groups in total. The Bertz CT molecular complexity index is 857. The summed E-state index contributed by atoms with van der Waals surface area (Å²) in [4.78, 5) is 18.2. The van der Waals surface area contributed by atoms with Gasteiger partial charge in [-0.2, -0.15) is 0 Å². The SMILES string of the molecule is CC(=O)N1CC=C(C2c3ccc(O)cc3CCc3cccnc32)CC1. The minimum atomic E-state index is 0.114. The van der Waals surface area contributed by atoms with Gasteiger partial charge in [-0.25, -0.2) is 0 Å². The fraction of sp³-hybridized carbons (Fsp3) is 0.333. The van der Waals surface area contributed by atoms with E-state index in [4.69, 9.17) is 4.98 Å². The van der Waals surface area contributed by atoms with Gasteiger partial charge in [0.05, 0.1) is 5.69 Å². The largest absolute Gasteiger partial charge is 0.508 e. The van der Waals surface area contributed by atoms with Crippen LogP contribution in [0.15, 0.2) is 48.2 Å². The van der Waals surface area contributed by atoms with Crippen molar-refractivity contribution in [1.29, 1.82) is 0 Å². The lowest BCUT2D eigenvalue weighted by molar-refractivity contribution is -0.128. The van der Waals surface area contributed by atoms with Crippen molar-refractivity contribution in [3.05, 3.63) is 70.6 Å². The fourth-order valence-corrected chi connectivity index (χ4v) is 4.04. The van der Waals surface area contributed by atoms with E-state index in [1.165, 1.54) is 22.3 Å². The standard InChI is InChI=1S/C21H22N2O2/c1-14(24)23-11-8-15(9-12-23)20-19-7-6-18(25)13-17(19)5-4-16-3-2-10-22-21(16)20/h2-3,6-8,10,13,20,25H,4-5,9,11-12H2,1H3. The molecule has 4 heteroatoms. The van der Waals surface area contributed by atoms with Crippen LogP contribution >= 0.6 is 0 Å². The molecular weight excluding hydrogens is 312 g/mol. The molecule has 2 aromatic rings. The van der Waals surface area contributed by atoms with E-state index >= 15 is 0 Å². The van der Waals surface area contributed by atoms with Gasteiger partial charge in [-0.05, 0) is 54.2 Å². The number of amides is 1. The van der Waals surface area contributed by atoms with E-state index < -0.39 is 0 Å². The maximum absolute atomic E-state index is 11.6. The van der Waals surface area contributed by atoms with Gasteiger partial charge in [0.1, 0.15) is 5.75 Å². The third-order valence-corrected chi connectivity index (χ3v) is 5.36. The van der Waals surface area contributed by atoms with Crippen LogP contribution in [0.4, 0.5) is 0 Å². The Morgan fingerprint density at radius 2 is 2.04 bits per heavy atom. The third kappa shape index (κ3) is 2.93. The molecule has 1 aliphatic carbocycles. The van der Waals surface area contributed by atoms with Crippen LogP contribution in [0, 0.1) is 0 Å². The van der Waals surface area contributed by atoms with Crippen LogP contribution in [0.3, 0.4) is 0 Å². The summed E-state index contributed by atoms with van der Waals surface area (Å²) in [6, 6.07) is 9.85. The first-order valence-electron chi connectivity index (χ1n) is 8.83. The Kier molecular flexibility index (Phi) is 4.04. The molecule has 25 heavy (non-hydrogen) atoms. The predicted octanol–water partition coefficient (Wildman–Crippen LogP) is 3.20. The predicted molar refractivity (Wildman–Crippen MR) is 96.5 cm³/mol. The molecule has 0 saturated heterocycles. The minimum absolute atomic E-state index is 0.114. The molecule has 0 radical (unpaired) electrons. The molecule has 0 spiro atoms. The van der Waals surface area contributed by atoms with Gasteiger partial charge < -0.3 is 10.0 Å². The lowest BCUT2D eigenvalue weighted by atomic mass is 9.82. The van der Waals surface area contributed by atoms with Crippen molar-refractivity contribution in [3.63, 3.8) is 0 Å². The van der Waals surface area contributed by atoms with Crippen LogP contribution in [-0.4, -0.2) is 34.0 Å². The number of carbonyl (C=O) groups is 1. The Balaban J connectivity index is 1.82. The van der Waals surface area contributed by atoms with Crippen LogP contribution in [0.2, 0.25) is 0 Å². The van der Waals surface area contributed by atoms with E-state index in [0.29, 0.717) is 12.3 Å². The van der Waals surface area contributed by atoms with E-state index in [1.54, 1.807) is 13.0 Å². The summed E-state index contributed by atoms with van der Waals surface area (Å²) >= 11 is 0. The van der Waals surface area contributed by atoms with Gasteiger partial charge in [0.15, 0.2) is 0 Å². The van der Waals surface area contributed by atoms with Gasteiger partial charge in [-0.15, -0.1) is 0 Å². The molecule has 1 aromatic carbocycles. The maximum Gasteiger partial charge on any atom is 0.219 e. The highest BCUT2D eigenvalue weighted by Crippen LogP contribution is 2.40. The molecule has 4 nitrogen and oxygen atoms in total. The summed E-state index contributed by atoms with van der Waals surface area (Å²) in [6.07, 6.45) is 6.76. The van der Waals surface area contributed by atoms with Crippen LogP contribution in [0.25, 0.3) is 0 Å². The number of hydrogen-bond donors (Lipinski definition) is 1. The average molecular weight is 334 g/mol. The van der Waals surface area contributed by atoms with E-state index in [-0.39, 0.29) is 11.8 Å². The zero-order valence-electron chi connectivity index (χ0n) is 14.4. The van der Waals surface area contributed by atoms with Crippen LogP contribution < -0.4 is 0 Å². The monoisotopic (exact) mass is 334 g/mol. The molecule has 4 rings (SSSR count). The number of aryl methyl sites for hydroxylation is 2. The van der Waals surface area contributed by atoms with Crippen molar-refractivity contribution in [2.24, 2.45) is 0 Å². The van der Waals surface area contributed by atoms with Crippen molar-refractivity contribution in [1.82, 2.24) is 9.88 Å². The first kappa shape index (κ1) is 15.9. The summed E-state index contributed by atoms with van der Waals surface area (Å²) in [5, 5.41) is 9.92. The number of benzene rings is 1. The molecule has 0 bridgehead atoms. The Hall–Kier alpha value is -2.62. The lowest BCUT2D eigenvalue weighted by Gasteiger charge is -2.30. The van der Waals surface area contributed by atoms with Crippen molar-refractivity contribution < 1.29 is 9.90 Å². The number of fused-ring (bicyclic) bond motifs is 2. The Morgan fingerprint density at radius 1 is 1.20 bits per heavy atom. The van der Waals surface area contributed by atoms with Crippen molar-refractivity contribution in [3.8, 4) is 5.75 Å². The normalized spacial score (nSPS) is 19.5. The van der Waals surface area contributed by atoms with Gasteiger partial charge in [-0.1, -0.05) is 23.8 Å². The highest BCUT2D eigenvalue weighted by molar-refractivity contribution is 5.73. The summed E-state index contributed by atoms with van der Waals surface area (Å²) in [5.74, 6) is 0.556. The van der Waals surface area contributed by atoms with Gasteiger partial charge >= 0.3 is 0 Å². The zero-order chi connectivity index (χ0) is 17.4. The van der Waals surface area contributed by atoms with Crippen LogP contribution in [0.1, 0.15) is 41.6 Å². The van der Waals surface area contributed by atoms with Crippen LogP contribution in [-0.2, 0) is 17.6 Å². The molecule has 128 valence electrons. The molecule has 1 amide bonds.